The normalized spacial score (nSPS) is 17.5. The molecule has 1 atom stereocenters. The molecular weight excluding hydrogens is 302 g/mol. The second-order valence-electron chi connectivity index (χ2n) is 6.80. The number of carbonyl (C=O) groups is 1. The topological polar surface area (TPSA) is 66.8 Å². The molecule has 0 saturated carbocycles. The number of aromatic nitrogens is 4. The maximum atomic E-state index is 12.9. The number of fused-ring (bicyclic) bond motifs is 2. The summed E-state index contributed by atoms with van der Waals surface area (Å²) in [5, 5.41) is 9.67. The van der Waals surface area contributed by atoms with Gasteiger partial charge in [-0.3, -0.25) is 4.79 Å². The van der Waals surface area contributed by atoms with Crippen LogP contribution in [0.3, 0.4) is 0 Å². The standard InChI is InChI=1S/C18H21N5O/c1-11(2)17-21-20-16-10-22(9-12(3)23(16)17)18(24)15-8-13-6-4-5-7-14(13)19-15/h4-8,11-12,19H,9-10H2,1-3H3/t12-/m0/s1. The number of hydrogen-bond donors (Lipinski definition) is 1. The molecule has 1 aromatic carbocycles. The molecule has 0 spiro atoms. The van der Waals surface area contributed by atoms with Gasteiger partial charge in [0.15, 0.2) is 5.82 Å². The molecule has 0 saturated heterocycles. The Morgan fingerprint density at radius 1 is 1.29 bits per heavy atom. The molecule has 1 aliphatic heterocycles. The van der Waals surface area contributed by atoms with Crippen LogP contribution in [0.4, 0.5) is 0 Å². The summed E-state index contributed by atoms with van der Waals surface area (Å²) in [5.41, 5.74) is 1.61. The lowest BCUT2D eigenvalue weighted by Gasteiger charge is -2.32. The van der Waals surface area contributed by atoms with E-state index in [9.17, 15) is 4.79 Å². The minimum absolute atomic E-state index is 0.0124. The third kappa shape index (κ3) is 2.29. The van der Waals surface area contributed by atoms with E-state index in [1.54, 1.807) is 0 Å². The lowest BCUT2D eigenvalue weighted by atomic mass is 10.1. The van der Waals surface area contributed by atoms with Crippen molar-refractivity contribution in [3.8, 4) is 0 Å². The largest absolute Gasteiger partial charge is 0.351 e. The molecule has 0 fully saturated rings. The van der Waals surface area contributed by atoms with Crippen LogP contribution in [0.25, 0.3) is 10.9 Å². The number of aromatic amines is 1. The van der Waals surface area contributed by atoms with Crippen LogP contribution in [0.2, 0.25) is 0 Å². The van der Waals surface area contributed by atoms with Gasteiger partial charge in [-0.25, -0.2) is 0 Å². The van der Waals surface area contributed by atoms with Crippen molar-refractivity contribution in [3.05, 3.63) is 47.7 Å². The molecule has 0 aliphatic carbocycles. The van der Waals surface area contributed by atoms with Gasteiger partial charge >= 0.3 is 0 Å². The van der Waals surface area contributed by atoms with Gasteiger partial charge in [-0.2, -0.15) is 0 Å². The van der Waals surface area contributed by atoms with Crippen LogP contribution in [0.15, 0.2) is 30.3 Å². The first-order valence-corrected chi connectivity index (χ1v) is 8.35. The van der Waals surface area contributed by atoms with Gasteiger partial charge in [-0.15, -0.1) is 10.2 Å². The van der Waals surface area contributed by atoms with Gasteiger partial charge in [0.05, 0.1) is 12.6 Å². The summed E-state index contributed by atoms with van der Waals surface area (Å²) in [6, 6.07) is 10.0. The third-order valence-electron chi connectivity index (χ3n) is 4.61. The van der Waals surface area contributed by atoms with Gasteiger partial charge in [0.1, 0.15) is 11.5 Å². The summed E-state index contributed by atoms with van der Waals surface area (Å²) >= 11 is 0. The van der Waals surface area contributed by atoms with Crippen molar-refractivity contribution in [2.75, 3.05) is 6.54 Å². The molecule has 1 aliphatic rings. The molecule has 24 heavy (non-hydrogen) atoms. The van der Waals surface area contributed by atoms with E-state index in [0.29, 0.717) is 24.7 Å². The van der Waals surface area contributed by atoms with Crippen molar-refractivity contribution in [3.63, 3.8) is 0 Å². The maximum absolute atomic E-state index is 12.9. The molecule has 1 amide bonds. The zero-order valence-electron chi connectivity index (χ0n) is 14.2. The fraction of sp³-hybridized carbons (Fsp3) is 0.389. The van der Waals surface area contributed by atoms with Gasteiger partial charge in [-0.1, -0.05) is 32.0 Å². The first kappa shape index (κ1) is 14.9. The average Bonchev–Trinajstić information content (AvgIpc) is 3.18. The molecule has 124 valence electrons. The highest BCUT2D eigenvalue weighted by Gasteiger charge is 2.30. The van der Waals surface area contributed by atoms with Crippen molar-refractivity contribution in [1.29, 1.82) is 0 Å². The lowest BCUT2D eigenvalue weighted by Crippen LogP contribution is -2.41. The maximum Gasteiger partial charge on any atom is 0.270 e. The summed E-state index contributed by atoms with van der Waals surface area (Å²) < 4.78 is 2.18. The van der Waals surface area contributed by atoms with Crippen LogP contribution < -0.4 is 0 Å². The van der Waals surface area contributed by atoms with E-state index in [1.807, 2.05) is 35.2 Å². The van der Waals surface area contributed by atoms with Gasteiger partial charge in [-0.05, 0) is 19.1 Å². The fourth-order valence-electron chi connectivity index (χ4n) is 3.47. The van der Waals surface area contributed by atoms with Crippen molar-refractivity contribution >= 4 is 16.8 Å². The van der Waals surface area contributed by atoms with Crippen LogP contribution in [-0.2, 0) is 6.54 Å². The van der Waals surface area contributed by atoms with Crippen molar-refractivity contribution < 1.29 is 4.79 Å². The minimum Gasteiger partial charge on any atom is -0.351 e. The Morgan fingerprint density at radius 2 is 2.08 bits per heavy atom. The second kappa shape index (κ2) is 5.47. The Kier molecular flexibility index (Phi) is 3.40. The smallest absolute Gasteiger partial charge is 0.270 e. The third-order valence-corrected chi connectivity index (χ3v) is 4.61. The Hall–Kier alpha value is -2.63. The van der Waals surface area contributed by atoms with Crippen LogP contribution in [0, 0.1) is 0 Å². The van der Waals surface area contributed by atoms with Gasteiger partial charge in [0.25, 0.3) is 5.91 Å². The van der Waals surface area contributed by atoms with Crippen LogP contribution in [0.1, 0.15) is 54.9 Å². The molecule has 1 N–H and O–H groups in total. The van der Waals surface area contributed by atoms with Gasteiger partial charge in [0.2, 0.25) is 0 Å². The number of H-pyrrole nitrogens is 1. The lowest BCUT2D eigenvalue weighted by molar-refractivity contribution is 0.0674. The molecule has 6 nitrogen and oxygen atoms in total. The molecule has 4 rings (SSSR count). The fourth-order valence-corrected chi connectivity index (χ4v) is 3.47. The van der Waals surface area contributed by atoms with E-state index in [-0.39, 0.29) is 11.9 Å². The summed E-state index contributed by atoms with van der Waals surface area (Å²) in [5.74, 6) is 2.19. The molecule has 3 aromatic rings. The zero-order valence-corrected chi connectivity index (χ0v) is 14.2. The molecule has 6 heteroatoms. The number of carbonyl (C=O) groups excluding carboxylic acids is 1. The van der Waals surface area contributed by atoms with Crippen LogP contribution in [0.5, 0.6) is 0 Å². The molecule has 0 unspecified atom stereocenters. The minimum atomic E-state index is 0.0124. The number of hydrogen-bond acceptors (Lipinski definition) is 3. The average molecular weight is 323 g/mol. The highest BCUT2D eigenvalue weighted by molar-refractivity contribution is 5.98. The van der Waals surface area contributed by atoms with Crippen molar-refractivity contribution in [2.45, 2.75) is 39.3 Å². The first-order chi connectivity index (χ1) is 11.5. The number of amides is 1. The van der Waals surface area contributed by atoms with E-state index in [1.165, 1.54) is 0 Å². The van der Waals surface area contributed by atoms with Crippen LogP contribution >= 0.6 is 0 Å². The summed E-state index contributed by atoms with van der Waals surface area (Å²) in [4.78, 5) is 18.0. The van der Waals surface area contributed by atoms with E-state index < -0.39 is 0 Å². The number of nitrogens with zero attached hydrogens (tertiary/aromatic N) is 4. The monoisotopic (exact) mass is 323 g/mol. The number of rotatable bonds is 2. The summed E-state index contributed by atoms with van der Waals surface area (Å²) in [7, 11) is 0. The molecule has 3 heterocycles. The molecule has 0 bridgehead atoms. The van der Waals surface area contributed by atoms with Gasteiger partial charge in [0, 0.05) is 23.4 Å². The highest BCUT2D eigenvalue weighted by Crippen LogP contribution is 2.26. The Morgan fingerprint density at radius 3 is 2.83 bits per heavy atom. The predicted molar refractivity (Wildman–Crippen MR) is 91.9 cm³/mol. The van der Waals surface area contributed by atoms with Gasteiger partial charge < -0.3 is 14.5 Å². The molecule has 0 radical (unpaired) electrons. The summed E-state index contributed by atoms with van der Waals surface area (Å²) in [6.45, 7) is 7.51. The molecule has 2 aromatic heterocycles. The Labute approximate surface area is 140 Å². The quantitative estimate of drug-likeness (QED) is 0.788. The number of para-hydroxylation sites is 1. The number of benzene rings is 1. The van der Waals surface area contributed by atoms with E-state index in [4.69, 9.17) is 0 Å². The predicted octanol–water partition coefficient (Wildman–Crippen LogP) is 3.10. The number of nitrogens with one attached hydrogen (secondary N) is 1. The van der Waals surface area contributed by atoms with E-state index in [2.05, 4.69) is 40.5 Å². The van der Waals surface area contributed by atoms with Crippen molar-refractivity contribution in [1.82, 2.24) is 24.6 Å². The Bertz CT molecular complexity index is 874. The first-order valence-electron chi connectivity index (χ1n) is 8.35. The highest BCUT2D eigenvalue weighted by atomic mass is 16.2. The molecular formula is C18H21N5O. The SMILES string of the molecule is CC(C)c1nnc2n1[C@@H](C)CN(C(=O)c1cc3ccccc3[nH]1)C2. The second-order valence-corrected chi connectivity index (χ2v) is 6.80. The van der Waals surface area contributed by atoms with Crippen molar-refractivity contribution in [2.24, 2.45) is 0 Å². The zero-order chi connectivity index (χ0) is 16.8. The Balaban J connectivity index is 1.64. The van der Waals surface area contributed by atoms with E-state index >= 15 is 0 Å². The van der Waals surface area contributed by atoms with E-state index in [0.717, 1.165) is 22.6 Å². The van der Waals surface area contributed by atoms with Crippen LogP contribution in [-0.4, -0.2) is 37.1 Å². The summed E-state index contributed by atoms with van der Waals surface area (Å²) in [6.07, 6.45) is 0.